The van der Waals surface area contributed by atoms with Gasteiger partial charge < -0.3 is 24.1 Å². The van der Waals surface area contributed by atoms with Crippen molar-refractivity contribution in [3.8, 4) is 11.5 Å². The van der Waals surface area contributed by atoms with E-state index >= 15 is 0 Å². The molecule has 1 N–H and O–H groups in total. The van der Waals surface area contributed by atoms with Crippen LogP contribution in [0, 0.1) is 5.92 Å². The molecule has 0 saturated carbocycles. The van der Waals surface area contributed by atoms with Gasteiger partial charge in [0, 0.05) is 32.0 Å². The van der Waals surface area contributed by atoms with E-state index in [-0.39, 0.29) is 17.9 Å². The summed E-state index contributed by atoms with van der Waals surface area (Å²) in [5.74, 6) is 1.49. The lowest BCUT2D eigenvalue weighted by Crippen LogP contribution is -2.41. The smallest absolute Gasteiger partial charge is 0.227 e. The van der Waals surface area contributed by atoms with Crippen molar-refractivity contribution < 1.29 is 19.0 Å². The highest BCUT2D eigenvalue weighted by Gasteiger charge is 2.33. The molecule has 0 spiro atoms. The maximum absolute atomic E-state index is 12.2. The summed E-state index contributed by atoms with van der Waals surface area (Å²) in [5.41, 5.74) is 1.14. The molecule has 1 aromatic carbocycles. The zero-order valence-corrected chi connectivity index (χ0v) is 16.8. The SMILES string of the molecule is CCOc1cc(CN2C[C@H]3COC[C@@H](C2)C(=O)N3)ccc1OCCn1ccnc1. The lowest BCUT2D eigenvalue weighted by atomic mass is 10.1. The summed E-state index contributed by atoms with van der Waals surface area (Å²) in [7, 11) is 0. The second-order valence-electron chi connectivity index (χ2n) is 7.50. The van der Waals surface area contributed by atoms with E-state index in [1.54, 1.807) is 12.5 Å². The second-order valence-corrected chi connectivity index (χ2v) is 7.50. The van der Waals surface area contributed by atoms with Crippen LogP contribution in [0.1, 0.15) is 12.5 Å². The van der Waals surface area contributed by atoms with E-state index in [1.165, 1.54) is 0 Å². The molecule has 0 unspecified atom stereocenters. The summed E-state index contributed by atoms with van der Waals surface area (Å²) in [4.78, 5) is 18.6. The Bertz CT molecular complexity index is 811. The lowest BCUT2D eigenvalue weighted by Gasteiger charge is -2.27. The minimum absolute atomic E-state index is 0.0483. The van der Waals surface area contributed by atoms with Gasteiger partial charge in [0.1, 0.15) is 6.61 Å². The van der Waals surface area contributed by atoms with Crippen LogP contribution in [0.2, 0.25) is 0 Å². The number of fused-ring (bicyclic) bond motifs is 3. The van der Waals surface area contributed by atoms with Crippen molar-refractivity contribution in [3.05, 3.63) is 42.5 Å². The molecule has 2 aliphatic rings. The Hall–Kier alpha value is -2.58. The predicted octanol–water partition coefficient (Wildman–Crippen LogP) is 1.31. The van der Waals surface area contributed by atoms with Crippen LogP contribution in [0.5, 0.6) is 11.5 Å². The van der Waals surface area contributed by atoms with Crippen molar-refractivity contribution in [1.82, 2.24) is 19.8 Å². The molecule has 3 heterocycles. The average Bonchev–Trinajstić information content (AvgIpc) is 3.08. The fourth-order valence-corrected chi connectivity index (χ4v) is 3.83. The largest absolute Gasteiger partial charge is 0.490 e. The van der Waals surface area contributed by atoms with Crippen LogP contribution in [0.15, 0.2) is 36.9 Å². The van der Waals surface area contributed by atoms with Gasteiger partial charge in [0.15, 0.2) is 11.5 Å². The summed E-state index contributed by atoms with van der Waals surface area (Å²) >= 11 is 0. The highest BCUT2D eigenvalue weighted by molar-refractivity contribution is 5.79. The minimum atomic E-state index is -0.111. The fourth-order valence-electron chi connectivity index (χ4n) is 3.83. The number of hydrogen-bond acceptors (Lipinski definition) is 6. The molecule has 2 aromatic rings. The van der Waals surface area contributed by atoms with Crippen LogP contribution in [-0.2, 0) is 22.6 Å². The fraction of sp³-hybridized carbons (Fsp3) is 0.524. The number of hydrogen-bond donors (Lipinski definition) is 1. The Balaban J connectivity index is 1.41. The third-order valence-corrected chi connectivity index (χ3v) is 5.19. The third kappa shape index (κ3) is 5.07. The van der Waals surface area contributed by atoms with Crippen molar-refractivity contribution in [3.63, 3.8) is 0 Å². The zero-order valence-electron chi connectivity index (χ0n) is 16.8. The number of benzene rings is 1. The van der Waals surface area contributed by atoms with Crippen LogP contribution in [0.3, 0.4) is 0 Å². The number of carbonyl (C=O) groups excluding carboxylic acids is 1. The maximum Gasteiger partial charge on any atom is 0.227 e. The van der Waals surface area contributed by atoms with E-state index in [0.717, 1.165) is 36.7 Å². The zero-order chi connectivity index (χ0) is 20.1. The number of rotatable bonds is 8. The summed E-state index contributed by atoms with van der Waals surface area (Å²) in [6.45, 7) is 7.13. The van der Waals surface area contributed by atoms with Gasteiger partial charge in [-0.2, -0.15) is 0 Å². The number of carbonyl (C=O) groups is 1. The van der Waals surface area contributed by atoms with Crippen LogP contribution in [0.4, 0.5) is 0 Å². The quantitative estimate of drug-likeness (QED) is 0.720. The topological polar surface area (TPSA) is 77.9 Å². The molecule has 8 nitrogen and oxygen atoms in total. The number of ether oxygens (including phenoxy) is 3. The Morgan fingerprint density at radius 2 is 2.17 bits per heavy atom. The van der Waals surface area contributed by atoms with Gasteiger partial charge in [-0.15, -0.1) is 0 Å². The van der Waals surface area contributed by atoms with Gasteiger partial charge in [0.25, 0.3) is 0 Å². The third-order valence-electron chi connectivity index (χ3n) is 5.19. The van der Waals surface area contributed by atoms with Crippen LogP contribution < -0.4 is 14.8 Å². The second kappa shape index (κ2) is 9.28. The molecule has 0 aliphatic carbocycles. The lowest BCUT2D eigenvalue weighted by molar-refractivity contribution is -0.125. The molecule has 2 fully saturated rings. The average molecular weight is 400 g/mol. The molecular weight excluding hydrogens is 372 g/mol. The number of amides is 1. The van der Waals surface area contributed by atoms with Gasteiger partial charge in [0.05, 0.1) is 44.7 Å². The Labute approximate surface area is 170 Å². The molecule has 29 heavy (non-hydrogen) atoms. The van der Waals surface area contributed by atoms with E-state index in [0.29, 0.717) is 33.0 Å². The molecule has 0 radical (unpaired) electrons. The Kier molecular flexibility index (Phi) is 6.31. The van der Waals surface area contributed by atoms with Crippen molar-refractivity contribution >= 4 is 5.91 Å². The standard InChI is InChI=1S/C21H28N4O4/c1-2-28-20-9-16(3-4-19(20)29-8-7-24-6-5-22-15-24)10-25-11-17-13-27-14-18(12-25)23-21(17)26/h3-6,9,15,17-18H,2,7-8,10-14H2,1H3,(H,23,26)/t17-,18+/m1/s1. The van der Waals surface area contributed by atoms with Gasteiger partial charge in [-0.1, -0.05) is 6.07 Å². The van der Waals surface area contributed by atoms with E-state index in [2.05, 4.69) is 21.3 Å². The van der Waals surface area contributed by atoms with Crippen LogP contribution >= 0.6 is 0 Å². The van der Waals surface area contributed by atoms with Crippen molar-refractivity contribution in [2.45, 2.75) is 26.1 Å². The molecule has 1 amide bonds. The summed E-state index contributed by atoms with van der Waals surface area (Å²) in [5, 5.41) is 3.08. The normalized spacial score (nSPS) is 22.0. The van der Waals surface area contributed by atoms with Gasteiger partial charge in [-0.25, -0.2) is 4.98 Å². The summed E-state index contributed by atoms with van der Waals surface area (Å²) in [6.07, 6.45) is 5.45. The molecule has 1 aromatic heterocycles. The predicted molar refractivity (Wildman–Crippen MR) is 107 cm³/mol. The number of nitrogens with one attached hydrogen (secondary N) is 1. The molecule has 2 atom stereocenters. The molecule has 4 rings (SSSR count). The summed E-state index contributed by atoms with van der Waals surface area (Å²) in [6, 6.07) is 6.13. The van der Waals surface area contributed by atoms with Gasteiger partial charge in [-0.05, 0) is 24.6 Å². The van der Waals surface area contributed by atoms with Crippen molar-refractivity contribution in [1.29, 1.82) is 0 Å². The van der Waals surface area contributed by atoms with Crippen LogP contribution in [0.25, 0.3) is 0 Å². The first-order valence-corrected chi connectivity index (χ1v) is 10.2. The Morgan fingerprint density at radius 3 is 3.00 bits per heavy atom. The van der Waals surface area contributed by atoms with Gasteiger partial charge in [-0.3, -0.25) is 9.69 Å². The molecule has 2 bridgehead atoms. The minimum Gasteiger partial charge on any atom is -0.490 e. The molecule has 156 valence electrons. The van der Waals surface area contributed by atoms with Gasteiger partial charge >= 0.3 is 0 Å². The highest BCUT2D eigenvalue weighted by atomic mass is 16.5. The van der Waals surface area contributed by atoms with E-state index in [4.69, 9.17) is 14.2 Å². The van der Waals surface area contributed by atoms with Crippen molar-refractivity contribution in [2.75, 3.05) is 39.5 Å². The first-order chi connectivity index (χ1) is 14.2. The monoisotopic (exact) mass is 400 g/mol. The molecule has 2 aliphatic heterocycles. The molecular formula is C21H28N4O4. The van der Waals surface area contributed by atoms with E-state index in [1.807, 2.05) is 29.8 Å². The van der Waals surface area contributed by atoms with Crippen molar-refractivity contribution in [2.24, 2.45) is 5.92 Å². The number of imidazole rings is 1. The van der Waals surface area contributed by atoms with E-state index in [9.17, 15) is 4.79 Å². The number of nitrogens with zero attached hydrogens (tertiary/aromatic N) is 3. The van der Waals surface area contributed by atoms with Gasteiger partial charge in [0.2, 0.25) is 5.91 Å². The molecule has 8 heteroatoms. The first kappa shape index (κ1) is 19.7. The van der Waals surface area contributed by atoms with Crippen LogP contribution in [-0.4, -0.2) is 65.9 Å². The Morgan fingerprint density at radius 1 is 1.24 bits per heavy atom. The van der Waals surface area contributed by atoms with E-state index < -0.39 is 0 Å². The highest BCUT2D eigenvalue weighted by Crippen LogP contribution is 2.29. The first-order valence-electron chi connectivity index (χ1n) is 10.2. The maximum atomic E-state index is 12.2. The molecule has 2 saturated heterocycles. The number of aromatic nitrogens is 2. The summed E-state index contributed by atoms with van der Waals surface area (Å²) < 4.78 is 19.4.